The molecule has 0 atom stereocenters. The number of rotatable bonds is 9. The van der Waals surface area contributed by atoms with Crippen molar-refractivity contribution in [3.63, 3.8) is 0 Å². The molecule has 0 bridgehead atoms. The predicted octanol–water partition coefficient (Wildman–Crippen LogP) is 3.85. The largest absolute Gasteiger partial charge is 0.496 e. The minimum absolute atomic E-state index is 0.116. The van der Waals surface area contributed by atoms with Crippen molar-refractivity contribution in [1.82, 2.24) is 15.1 Å². The van der Waals surface area contributed by atoms with Crippen LogP contribution in [0.25, 0.3) is 0 Å². The highest BCUT2D eigenvalue weighted by Gasteiger charge is 2.17. The maximum absolute atomic E-state index is 12.7. The number of amides is 1. The van der Waals surface area contributed by atoms with E-state index in [9.17, 15) is 4.79 Å². The second-order valence-corrected chi connectivity index (χ2v) is 8.75. The number of hydrogen-bond acceptors (Lipinski definition) is 5. The van der Waals surface area contributed by atoms with E-state index in [0.29, 0.717) is 12.1 Å². The van der Waals surface area contributed by atoms with Gasteiger partial charge in [0, 0.05) is 29.5 Å². The van der Waals surface area contributed by atoms with E-state index in [1.165, 1.54) is 0 Å². The number of aryl methyl sites for hydroxylation is 2. The Morgan fingerprint density at radius 1 is 1.24 bits per heavy atom. The minimum atomic E-state index is -0.233. The highest BCUT2D eigenvalue weighted by molar-refractivity contribution is 9.10. The van der Waals surface area contributed by atoms with E-state index >= 15 is 0 Å². The van der Waals surface area contributed by atoms with Crippen LogP contribution in [0.4, 0.5) is 0 Å². The molecule has 0 saturated heterocycles. The first-order chi connectivity index (χ1) is 13.8. The van der Waals surface area contributed by atoms with E-state index in [1.54, 1.807) is 23.3 Å². The summed E-state index contributed by atoms with van der Waals surface area (Å²) in [6.07, 6.45) is 1.50. The van der Waals surface area contributed by atoms with Crippen LogP contribution < -0.4 is 10.1 Å². The number of hydrogen-bond donors (Lipinski definition) is 2. The second kappa shape index (κ2) is 11.3. The lowest BCUT2D eigenvalue weighted by molar-refractivity contribution is 0.0972. The highest BCUT2D eigenvalue weighted by atomic mass is 79.9. The van der Waals surface area contributed by atoms with Crippen molar-refractivity contribution in [2.75, 3.05) is 40.8 Å². The van der Waals surface area contributed by atoms with Crippen LogP contribution in [0, 0.1) is 5.41 Å². The zero-order valence-corrected chi connectivity index (χ0v) is 19.8. The third kappa shape index (κ3) is 6.83. The molecule has 8 heteroatoms. The second-order valence-electron chi connectivity index (χ2n) is 6.83. The molecule has 6 nitrogen and oxygen atoms in total. The number of ether oxygens (including phenoxy) is 1. The van der Waals surface area contributed by atoms with Crippen LogP contribution in [0.1, 0.15) is 27.7 Å². The Labute approximate surface area is 185 Å². The van der Waals surface area contributed by atoms with Gasteiger partial charge in [0.15, 0.2) is 5.96 Å². The van der Waals surface area contributed by atoms with Gasteiger partial charge in [-0.1, -0.05) is 22.9 Å². The van der Waals surface area contributed by atoms with Crippen LogP contribution >= 0.6 is 27.3 Å². The standard InChI is InChI=1S/C21H29BrN4O2S/c1-5-25(2)11-12-26(3)21(23)24-20(27)17-10-13-29-19(17)9-6-15-14-16(22)7-8-18(15)28-4/h7-8,10,13-14H,5-6,9,11-12H2,1-4H3,(H2,23,24,27). The van der Waals surface area contributed by atoms with Crippen molar-refractivity contribution in [3.8, 4) is 5.75 Å². The van der Waals surface area contributed by atoms with Crippen LogP contribution in [-0.4, -0.2) is 62.5 Å². The molecule has 0 unspecified atom stereocenters. The maximum Gasteiger partial charge on any atom is 0.259 e. The highest BCUT2D eigenvalue weighted by Crippen LogP contribution is 2.26. The number of halogens is 1. The first-order valence-corrected chi connectivity index (χ1v) is 11.2. The molecule has 29 heavy (non-hydrogen) atoms. The summed E-state index contributed by atoms with van der Waals surface area (Å²) in [7, 11) is 5.52. The first kappa shape index (κ1) is 23.4. The number of carbonyl (C=O) groups excluding carboxylic acids is 1. The molecule has 0 saturated carbocycles. The lowest BCUT2D eigenvalue weighted by Gasteiger charge is -2.23. The lowest BCUT2D eigenvalue weighted by Crippen LogP contribution is -2.44. The van der Waals surface area contributed by atoms with Gasteiger partial charge in [-0.25, -0.2) is 0 Å². The summed E-state index contributed by atoms with van der Waals surface area (Å²) in [6, 6.07) is 7.76. The summed E-state index contributed by atoms with van der Waals surface area (Å²) >= 11 is 5.06. The fraction of sp³-hybridized carbons (Fsp3) is 0.429. The normalized spacial score (nSPS) is 10.8. The van der Waals surface area contributed by atoms with Gasteiger partial charge in [0.1, 0.15) is 5.75 Å². The summed E-state index contributed by atoms with van der Waals surface area (Å²) < 4.78 is 6.44. The Morgan fingerprint density at radius 2 is 2.00 bits per heavy atom. The van der Waals surface area contributed by atoms with Crippen molar-refractivity contribution >= 4 is 39.1 Å². The van der Waals surface area contributed by atoms with Gasteiger partial charge in [-0.15, -0.1) is 11.3 Å². The number of nitrogens with one attached hydrogen (secondary N) is 2. The first-order valence-electron chi connectivity index (χ1n) is 9.54. The van der Waals surface area contributed by atoms with Gasteiger partial charge in [0.25, 0.3) is 5.91 Å². The van der Waals surface area contributed by atoms with Gasteiger partial charge in [0.2, 0.25) is 0 Å². The number of nitrogens with zero attached hydrogens (tertiary/aromatic N) is 2. The van der Waals surface area contributed by atoms with Gasteiger partial charge >= 0.3 is 0 Å². The molecule has 0 aliphatic rings. The van der Waals surface area contributed by atoms with Crippen LogP contribution in [0.2, 0.25) is 0 Å². The zero-order valence-electron chi connectivity index (χ0n) is 17.4. The fourth-order valence-electron chi connectivity index (χ4n) is 2.79. The third-order valence-electron chi connectivity index (χ3n) is 4.82. The Kier molecular flexibility index (Phi) is 9.13. The molecule has 0 radical (unpaired) electrons. The maximum atomic E-state index is 12.7. The number of methoxy groups -OCH3 is 1. The number of benzene rings is 1. The lowest BCUT2D eigenvalue weighted by atomic mass is 10.1. The Balaban J connectivity index is 1.98. The topological polar surface area (TPSA) is 68.7 Å². The van der Waals surface area contributed by atoms with E-state index in [4.69, 9.17) is 10.1 Å². The number of guanidine groups is 1. The molecule has 158 valence electrons. The van der Waals surface area contributed by atoms with E-state index < -0.39 is 0 Å². The van der Waals surface area contributed by atoms with Gasteiger partial charge in [-0.2, -0.15) is 0 Å². The van der Waals surface area contributed by atoms with Crippen LogP contribution in [0.3, 0.4) is 0 Å². The summed E-state index contributed by atoms with van der Waals surface area (Å²) in [5.74, 6) is 0.727. The van der Waals surface area contributed by atoms with Gasteiger partial charge < -0.3 is 14.5 Å². The fourth-order valence-corrected chi connectivity index (χ4v) is 4.07. The zero-order chi connectivity index (χ0) is 21.4. The molecule has 1 aromatic carbocycles. The molecule has 2 aromatic rings. The van der Waals surface area contributed by atoms with E-state index in [2.05, 4.69) is 33.1 Å². The number of thiophene rings is 1. The average Bonchev–Trinajstić information content (AvgIpc) is 3.18. The Morgan fingerprint density at radius 3 is 2.69 bits per heavy atom. The van der Waals surface area contributed by atoms with Gasteiger partial charge in [-0.05, 0) is 61.6 Å². The van der Waals surface area contributed by atoms with Crippen molar-refractivity contribution in [1.29, 1.82) is 5.41 Å². The van der Waals surface area contributed by atoms with Gasteiger partial charge in [-0.3, -0.25) is 15.5 Å². The summed E-state index contributed by atoms with van der Waals surface area (Å²) in [4.78, 5) is 17.6. The van der Waals surface area contributed by atoms with Crippen molar-refractivity contribution < 1.29 is 9.53 Å². The molecule has 0 spiro atoms. The summed E-state index contributed by atoms with van der Waals surface area (Å²) in [5.41, 5.74) is 1.72. The smallest absolute Gasteiger partial charge is 0.259 e. The van der Waals surface area contributed by atoms with Crippen LogP contribution in [0.5, 0.6) is 5.75 Å². The summed E-state index contributed by atoms with van der Waals surface area (Å²) in [6.45, 7) is 4.57. The number of likely N-dealkylation sites (N-methyl/N-ethyl adjacent to an activating group) is 2. The quantitative estimate of drug-likeness (QED) is 0.422. The van der Waals surface area contributed by atoms with Gasteiger partial charge in [0.05, 0.1) is 12.7 Å². The number of carbonyl (C=O) groups is 1. The van der Waals surface area contributed by atoms with Crippen molar-refractivity contribution in [2.45, 2.75) is 19.8 Å². The van der Waals surface area contributed by atoms with E-state index in [1.807, 2.05) is 43.7 Å². The molecule has 1 amide bonds. The average molecular weight is 481 g/mol. The molecule has 0 aliphatic carbocycles. The monoisotopic (exact) mass is 480 g/mol. The molecule has 1 aromatic heterocycles. The van der Waals surface area contributed by atoms with Crippen molar-refractivity contribution in [3.05, 3.63) is 50.1 Å². The minimum Gasteiger partial charge on any atom is -0.496 e. The van der Waals surface area contributed by atoms with Crippen LogP contribution in [-0.2, 0) is 12.8 Å². The molecule has 0 aliphatic heterocycles. The molecule has 1 heterocycles. The summed E-state index contributed by atoms with van der Waals surface area (Å²) in [5, 5.41) is 12.8. The van der Waals surface area contributed by atoms with E-state index in [0.717, 1.165) is 46.6 Å². The molecule has 0 fully saturated rings. The molecule has 2 N–H and O–H groups in total. The Bertz CT molecular complexity index is 840. The Hall–Kier alpha value is -1.90. The molecular formula is C21H29BrN4O2S. The van der Waals surface area contributed by atoms with Crippen molar-refractivity contribution in [2.24, 2.45) is 0 Å². The SMILES string of the molecule is CCN(C)CCN(C)C(=N)NC(=O)c1ccsc1CCc1cc(Br)ccc1OC. The predicted molar refractivity (Wildman–Crippen MR) is 123 cm³/mol. The van der Waals surface area contributed by atoms with E-state index in [-0.39, 0.29) is 11.9 Å². The molecular weight excluding hydrogens is 452 g/mol. The third-order valence-corrected chi connectivity index (χ3v) is 6.30. The molecule has 2 rings (SSSR count). The van der Waals surface area contributed by atoms with Crippen LogP contribution in [0.15, 0.2) is 34.1 Å².